The van der Waals surface area contributed by atoms with Gasteiger partial charge >= 0.3 is 0 Å². The van der Waals surface area contributed by atoms with Gasteiger partial charge in [-0.25, -0.2) is 8.42 Å². The van der Waals surface area contributed by atoms with Crippen LogP contribution in [0.1, 0.15) is 6.42 Å². The van der Waals surface area contributed by atoms with Crippen LogP contribution in [0, 0.1) is 0 Å². The van der Waals surface area contributed by atoms with Crippen molar-refractivity contribution in [3.63, 3.8) is 0 Å². The highest BCUT2D eigenvalue weighted by Gasteiger charge is 2.20. The van der Waals surface area contributed by atoms with Gasteiger partial charge in [0.1, 0.15) is 0 Å². The highest BCUT2D eigenvalue weighted by atomic mass is 32.2. The van der Waals surface area contributed by atoms with E-state index in [0.29, 0.717) is 0 Å². The molecule has 64 valence electrons. The van der Waals surface area contributed by atoms with Crippen molar-refractivity contribution in [2.45, 2.75) is 6.42 Å². The first-order valence-electron chi connectivity index (χ1n) is 3.22. The Balaban J connectivity index is 2.74. The topological polar surface area (TPSA) is 66.5 Å². The van der Waals surface area contributed by atoms with Crippen LogP contribution in [-0.2, 0) is 14.8 Å². The molecule has 6 heteroatoms. The van der Waals surface area contributed by atoms with E-state index >= 15 is 0 Å². The van der Waals surface area contributed by atoms with Crippen LogP contribution in [0.3, 0.4) is 0 Å². The Morgan fingerprint density at radius 2 is 2.18 bits per heavy atom. The molecule has 0 atom stereocenters. The van der Waals surface area contributed by atoms with Crippen LogP contribution in [0.4, 0.5) is 0 Å². The average molecular weight is 178 g/mol. The number of hydrogen-bond donors (Lipinski definition) is 1. The summed E-state index contributed by atoms with van der Waals surface area (Å²) in [6, 6.07) is 0. The van der Waals surface area contributed by atoms with Gasteiger partial charge in [-0.05, 0) is 0 Å². The molecule has 0 bridgehead atoms. The number of hydrogen-bond acceptors (Lipinski definition) is 3. The number of rotatable bonds is 0. The van der Waals surface area contributed by atoms with E-state index in [9.17, 15) is 13.2 Å². The summed E-state index contributed by atoms with van der Waals surface area (Å²) in [4.78, 5) is 12.3. The highest BCUT2D eigenvalue weighted by molar-refractivity contribution is 7.89. The Bertz CT molecular complexity index is 259. The summed E-state index contributed by atoms with van der Waals surface area (Å²) in [5.41, 5.74) is 0. The molecule has 1 heterocycles. The standard InChI is InChI=1S/C5H10N2O3S/c1-7-4-6-11(9,10)3-2-5(7)8/h6H,2-4H2,1H3. The number of nitrogens with zero attached hydrogens (tertiary/aromatic N) is 1. The Morgan fingerprint density at radius 3 is 2.82 bits per heavy atom. The lowest BCUT2D eigenvalue weighted by Gasteiger charge is -2.11. The third-order valence-corrected chi connectivity index (χ3v) is 2.84. The molecule has 0 aromatic carbocycles. The number of carbonyl (C=O) groups is 1. The lowest BCUT2D eigenvalue weighted by molar-refractivity contribution is -0.129. The molecular weight excluding hydrogens is 168 g/mol. The first-order valence-corrected chi connectivity index (χ1v) is 4.88. The van der Waals surface area contributed by atoms with Gasteiger partial charge in [0.25, 0.3) is 0 Å². The molecule has 1 N–H and O–H groups in total. The zero-order valence-electron chi connectivity index (χ0n) is 6.20. The van der Waals surface area contributed by atoms with Crippen LogP contribution in [0.15, 0.2) is 0 Å². The van der Waals surface area contributed by atoms with Crippen molar-refractivity contribution in [3.8, 4) is 0 Å². The van der Waals surface area contributed by atoms with Gasteiger partial charge in [-0.2, -0.15) is 4.72 Å². The number of nitrogens with one attached hydrogen (secondary N) is 1. The van der Waals surface area contributed by atoms with E-state index in [1.807, 2.05) is 0 Å². The molecule has 0 aromatic heterocycles. The molecule has 1 aliphatic rings. The number of sulfonamides is 1. The molecule has 1 saturated heterocycles. The molecule has 0 unspecified atom stereocenters. The minimum Gasteiger partial charge on any atom is -0.332 e. The third-order valence-electron chi connectivity index (χ3n) is 1.53. The summed E-state index contributed by atoms with van der Waals surface area (Å²) >= 11 is 0. The van der Waals surface area contributed by atoms with Crippen LogP contribution in [0.2, 0.25) is 0 Å². The maximum Gasteiger partial charge on any atom is 0.224 e. The lowest BCUT2D eigenvalue weighted by Crippen LogP contribution is -2.34. The predicted octanol–water partition coefficient (Wildman–Crippen LogP) is -1.27. The second-order valence-electron chi connectivity index (χ2n) is 2.46. The van der Waals surface area contributed by atoms with Gasteiger partial charge in [-0.15, -0.1) is 0 Å². The van der Waals surface area contributed by atoms with Gasteiger partial charge in [0.15, 0.2) is 0 Å². The fourth-order valence-electron chi connectivity index (χ4n) is 0.768. The van der Waals surface area contributed by atoms with Crippen molar-refractivity contribution < 1.29 is 13.2 Å². The van der Waals surface area contributed by atoms with E-state index in [4.69, 9.17) is 0 Å². The van der Waals surface area contributed by atoms with Crippen molar-refractivity contribution in [2.75, 3.05) is 19.5 Å². The average Bonchev–Trinajstić information content (AvgIpc) is 2.03. The van der Waals surface area contributed by atoms with E-state index in [0.717, 1.165) is 0 Å². The van der Waals surface area contributed by atoms with Gasteiger partial charge < -0.3 is 4.90 Å². The molecule has 0 aromatic rings. The number of amides is 1. The third kappa shape index (κ3) is 2.16. The molecule has 0 saturated carbocycles. The fraction of sp³-hybridized carbons (Fsp3) is 0.800. The quantitative estimate of drug-likeness (QED) is 0.502. The molecule has 0 aliphatic carbocycles. The summed E-state index contributed by atoms with van der Waals surface area (Å²) in [6.07, 6.45) is 0.0752. The molecule has 1 rings (SSSR count). The Kier molecular flexibility index (Phi) is 2.15. The van der Waals surface area contributed by atoms with Crippen molar-refractivity contribution in [3.05, 3.63) is 0 Å². The normalized spacial score (nSPS) is 24.8. The van der Waals surface area contributed by atoms with Crippen LogP contribution < -0.4 is 4.72 Å². The van der Waals surface area contributed by atoms with Gasteiger partial charge in [-0.3, -0.25) is 4.79 Å². The minimum absolute atomic E-state index is 0.0752. The zero-order valence-corrected chi connectivity index (χ0v) is 7.02. The number of carbonyl (C=O) groups excluding carboxylic acids is 1. The molecule has 1 amide bonds. The van der Waals surface area contributed by atoms with E-state index in [1.54, 1.807) is 7.05 Å². The maximum absolute atomic E-state index is 10.9. The van der Waals surface area contributed by atoms with Gasteiger partial charge in [0.05, 0.1) is 12.4 Å². The summed E-state index contributed by atoms with van der Waals surface area (Å²) in [5.74, 6) is -0.241. The lowest BCUT2D eigenvalue weighted by atomic mass is 10.4. The van der Waals surface area contributed by atoms with E-state index < -0.39 is 10.0 Å². The van der Waals surface area contributed by atoms with E-state index in [-0.39, 0.29) is 24.7 Å². The summed E-state index contributed by atoms with van der Waals surface area (Å²) < 4.78 is 24.0. The van der Waals surface area contributed by atoms with Crippen molar-refractivity contribution in [1.29, 1.82) is 0 Å². The van der Waals surface area contributed by atoms with Gasteiger partial charge in [-0.1, -0.05) is 0 Å². The Labute approximate surface area is 65.4 Å². The summed E-state index contributed by atoms with van der Waals surface area (Å²) in [7, 11) is -1.63. The Morgan fingerprint density at radius 1 is 1.55 bits per heavy atom. The van der Waals surface area contributed by atoms with Crippen LogP contribution >= 0.6 is 0 Å². The highest BCUT2D eigenvalue weighted by Crippen LogP contribution is 1.99. The first-order chi connectivity index (χ1) is 5.01. The summed E-state index contributed by atoms with van der Waals surface area (Å²) in [5, 5.41) is 0. The maximum atomic E-state index is 10.9. The monoisotopic (exact) mass is 178 g/mol. The molecule has 1 aliphatic heterocycles. The van der Waals surface area contributed by atoms with Crippen molar-refractivity contribution in [2.24, 2.45) is 0 Å². The SMILES string of the molecule is CN1CNS(=O)(=O)CCC1=O. The molecular formula is C5H10N2O3S. The Hall–Kier alpha value is -0.620. The molecule has 5 nitrogen and oxygen atoms in total. The molecule has 1 fully saturated rings. The van der Waals surface area contributed by atoms with E-state index in [1.165, 1.54) is 4.90 Å². The predicted molar refractivity (Wildman–Crippen MR) is 39.2 cm³/mol. The molecule has 11 heavy (non-hydrogen) atoms. The second-order valence-corrected chi connectivity index (χ2v) is 4.39. The van der Waals surface area contributed by atoms with E-state index in [2.05, 4.69) is 4.72 Å². The van der Waals surface area contributed by atoms with Crippen LogP contribution in [0.5, 0.6) is 0 Å². The summed E-state index contributed by atoms with van der Waals surface area (Å²) in [6.45, 7) is 0.0845. The van der Waals surface area contributed by atoms with Crippen molar-refractivity contribution >= 4 is 15.9 Å². The van der Waals surface area contributed by atoms with Crippen LogP contribution in [-0.4, -0.2) is 38.7 Å². The first kappa shape index (κ1) is 8.48. The smallest absolute Gasteiger partial charge is 0.224 e. The fourth-order valence-corrected chi connectivity index (χ4v) is 1.75. The van der Waals surface area contributed by atoms with Crippen molar-refractivity contribution in [1.82, 2.24) is 9.62 Å². The largest absolute Gasteiger partial charge is 0.332 e. The molecule has 0 spiro atoms. The van der Waals surface area contributed by atoms with Gasteiger partial charge in [0.2, 0.25) is 15.9 Å². The van der Waals surface area contributed by atoms with Gasteiger partial charge in [0, 0.05) is 13.5 Å². The zero-order chi connectivity index (χ0) is 8.48. The second kappa shape index (κ2) is 2.78. The minimum atomic E-state index is -3.20. The molecule has 0 radical (unpaired) electrons. The van der Waals surface area contributed by atoms with Crippen LogP contribution in [0.25, 0.3) is 0 Å².